The second kappa shape index (κ2) is 13.9. The van der Waals surface area contributed by atoms with Crippen LogP contribution in [-0.4, -0.2) is 61.1 Å². The Kier molecular flexibility index (Phi) is 11.6. The van der Waals surface area contributed by atoms with Gasteiger partial charge in [-0.3, -0.25) is 9.98 Å². The monoisotopic (exact) mass is 465 g/mol. The number of allylic oxidation sites excluding steroid dienone is 3. The number of nitrogens with one attached hydrogen (secondary N) is 4. The van der Waals surface area contributed by atoms with Gasteiger partial charge >= 0.3 is 0 Å². The van der Waals surface area contributed by atoms with Crippen LogP contribution in [0.2, 0.25) is 0 Å². The van der Waals surface area contributed by atoms with Crippen molar-refractivity contribution in [3.05, 3.63) is 34.9 Å². The summed E-state index contributed by atoms with van der Waals surface area (Å²) in [6.45, 7) is 9.58. The van der Waals surface area contributed by atoms with E-state index in [0.717, 1.165) is 36.5 Å². The van der Waals surface area contributed by atoms with Crippen molar-refractivity contribution in [1.29, 1.82) is 0 Å². The second-order valence-corrected chi connectivity index (χ2v) is 9.25. The molecule has 4 atom stereocenters. The highest BCUT2D eigenvalue weighted by Gasteiger charge is 2.38. The molecule has 4 N–H and O–H groups in total. The van der Waals surface area contributed by atoms with Crippen molar-refractivity contribution in [2.75, 3.05) is 27.2 Å². The Labute approximate surface area is 197 Å². The molecule has 0 aromatic carbocycles. The number of thioether (sulfide) groups is 1. The summed E-state index contributed by atoms with van der Waals surface area (Å²) in [4.78, 5) is 12.0. The van der Waals surface area contributed by atoms with Crippen molar-refractivity contribution in [2.24, 2.45) is 15.9 Å². The Morgan fingerprint density at radius 1 is 1.38 bits per heavy atom. The summed E-state index contributed by atoms with van der Waals surface area (Å²) in [5.74, 6) is 1.64. The van der Waals surface area contributed by atoms with Crippen molar-refractivity contribution in [1.82, 2.24) is 26.8 Å². The van der Waals surface area contributed by atoms with E-state index in [1.807, 2.05) is 31.0 Å². The summed E-state index contributed by atoms with van der Waals surface area (Å²) in [7, 11) is 3.60. The van der Waals surface area contributed by atoms with Crippen molar-refractivity contribution in [2.45, 2.75) is 64.4 Å². The van der Waals surface area contributed by atoms with Crippen LogP contribution in [-0.2, 0) is 0 Å². The largest absolute Gasteiger partial charge is 0.331 e. The van der Waals surface area contributed by atoms with Crippen LogP contribution in [0.15, 0.2) is 44.9 Å². The fraction of sp³-hybridized carbons (Fsp3) is 0.652. The average Bonchev–Trinajstić information content (AvgIpc) is 3.21. The quantitative estimate of drug-likeness (QED) is 0.189. The van der Waals surface area contributed by atoms with Gasteiger partial charge in [-0.1, -0.05) is 32.4 Å². The van der Waals surface area contributed by atoms with E-state index in [0.29, 0.717) is 24.1 Å². The first-order valence-electron chi connectivity index (χ1n) is 11.5. The maximum Gasteiger partial charge on any atom is 0.117 e. The van der Waals surface area contributed by atoms with E-state index >= 15 is 0 Å². The molecule has 32 heavy (non-hydrogen) atoms. The maximum absolute atomic E-state index is 13.3. The molecule has 0 aromatic heterocycles. The molecule has 0 aromatic rings. The minimum atomic E-state index is -0.861. The van der Waals surface area contributed by atoms with Crippen molar-refractivity contribution < 1.29 is 4.39 Å². The number of halogens is 1. The summed E-state index contributed by atoms with van der Waals surface area (Å²) in [5, 5.41) is 2.46. The van der Waals surface area contributed by atoms with Crippen molar-refractivity contribution >= 4 is 23.3 Å². The SMILES string of the molecule is C/C=C\SC(C1=NCC(C(/C=C\CC(C)F)=NC)=C2CC(NNNNC)CN12)C(C)CC. The van der Waals surface area contributed by atoms with Gasteiger partial charge in [0.1, 0.15) is 12.0 Å². The first-order chi connectivity index (χ1) is 15.5. The number of nitrogens with zero attached hydrogens (tertiary/aromatic N) is 3. The molecule has 1 saturated heterocycles. The van der Waals surface area contributed by atoms with Gasteiger partial charge in [0, 0.05) is 37.3 Å². The highest BCUT2D eigenvalue weighted by Crippen LogP contribution is 2.35. The molecule has 2 heterocycles. The van der Waals surface area contributed by atoms with Gasteiger partial charge in [-0.25, -0.2) is 15.2 Å². The van der Waals surface area contributed by atoms with E-state index in [-0.39, 0.29) is 6.04 Å². The number of hydrogen-bond acceptors (Lipinski definition) is 8. The van der Waals surface area contributed by atoms with E-state index in [2.05, 4.69) is 64.1 Å². The van der Waals surface area contributed by atoms with E-state index in [9.17, 15) is 4.39 Å². The lowest BCUT2D eigenvalue weighted by molar-refractivity contribution is 0.342. The molecule has 0 amide bonds. The first-order valence-corrected chi connectivity index (χ1v) is 12.4. The van der Waals surface area contributed by atoms with Gasteiger partial charge in [-0.2, -0.15) is 11.1 Å². The standard InChI is InChI=1S/C23H40FN7S/c1-7-12-32-22(16(3)8-2)23-27-14-19(20(25-5)11-9-10-17(4)24)21-13-18(15-31(21)23)28-30-29-26-6/h7,9,11-12,16-18,22,26,28-30H,8,10,13-15H2,1-6H3/b11-9-,12-7-,25-20?. The highest BCUT2D eigenvalue weighted by molar-refractivity contribution is 8.03. The molecule has 2 aliphatic rings. The molecular formula is C23H40FN7S. The minimum Gasteiger partial charge on any atom is -0.331 e. The topological polar surface area (TPSA) is 76.1 Å². The zero-order valence-electron chi connectivity index (χ0n) is 20.3. The number of alkyl halides is 1. The van der Waals surface area contributed by atoms with Crippen molar-refractivity contribution in [3.8, 4) is 0 Å². The molecule has 0 radical (unpaired) electrons. The Balaban J connectivity index is 2.36. The van der Waals surface area contributed by atoms with Crippen LogP contribution < -0.4 is 21.9 Å². The molecule has 0 bridgehead atoms. The number of aliphatic imine (C=N–C) groups is 2. The summed E-state index contributed by atoms with van der Waals surface area (Å²) >= 11 is 1.84. The number of fused-ring (bicyclic) bond motifs is 1. The lowest BCUT2D eigenvalue weighted by Crippen LogP contribution is -2.53. The number of rotatable bonds is 13. The summed E-state index contributed by atoms with van der Waals surface area (Å²) < 4.78 is 13.3. The molecule has 1 fully saturated rings. The number of hydrazine groups is 3. The van der Waals surface area contributed by atoms with E-state index in [4.69, 9.17) is 4.99 Å². The molecule has 9 heteroatoms. The van der Waals surface area contributed by atoms with E-state index in [1.165, 1.54) is 5.70 Å². The van der Waals surface area contributed by atoms with Gasteiger partial charge < -0.3 is 4.90 Å². The third-order valence-electron chi connectivity index (χ3n) is 5.72. The van der Waals surface area contributed by atoms with Gasteiger partial charge in [0.15, 0.2) is 0 Å². The number of amidine groups is 1. The second-order valence-electron chi connectivity index (χ2n) is 8.19. The zero-order chi connectivity index (χ0) is 23.5. The average molecular weight is 466 g/mol. The van der Waals surface area contributed by atoms with Crippen LogP contribution in [0, 0.1) is 5.92 Å². The third-order valence-corrected chi connectivity index (χ3v) is 7.12. The van der Waals surface area contributed by atoms with Gasteiger partial charge in [0.2, 0.25) is 0 Å². The summed E-state index contributed by atoms with van der Waals surface area (Å²) in [5.41, 5.74) is 15.3. The van der Waals surface area contributed by atoms with Crippen molar-refractivity contribution in [3.63, 3.8) is 0 Å². The molecule has 2 aliphatic heterocycles. The van der Waals surface area contributed by atoms with Crippen LogP contribution >= 0.6 is 11.8 Å². The predicted octanol–water partition coefficient (Wildman–Crippen LogP) is 3.52. The van der Waals surface area contributed by atoms with Crippen LogP contribution in [0.5, 0.6) is 0 Å². The molecule has 0 saturated carbocycles. The number of hydrogen-bond donors (Lipinski definition) is 4. The molecule has 0 spiro atoms. The smallest absolute Gasteiger partial charge is 0.117 e. The Morgan fingerprint density at radius 3 is 2.78 bits per heavy atom. The predicted molar refractivity (Wildman–Crippen MR) is 136 cm³/mol. The van der Waals surface area contributed by atoms with Crippen LogP contribution in [0.1, 0.15) is 47.0 Å². The first kappa shape index (κ1) is 26.7. The molecular weight excluding hydrogens is 425 g/mol. The Bertz CT molecular complexity index is 745. The fourth-order valence-corrected chi connectivity index (χ4v) is 4.98. The molecule has 7 nitrogen and oxygen atoms in total. The molecule has 2 rings (SSSR count). The summed E-state index contributed by atoms with van der Waals surface area (Å²) in [6, 6.07) is 0.210. The van der Waals surface area contributed by atoms with Crippen LogP contribution in [0.25, 0.3) is 0 Å². The van der Waals surface area contributed by atoms with Crippen LogP contribution in [0.4, 0.5) is 4.39 Å². The van der Waals surface area contributed by atoms with Gasteiger partial charge in [-0.15, -0.1) is 11.8 Å². The molecule has 0 aliphatic carbocycles. The van der Waals surface area contributed by atoms with E-state index < -0.39 is 6.17 Å². The lowest BCUT2D eigenvalue weighted by Gasteiger charge is -2.35. The fourth-order valence-electron chi connectivity index (χ4n) is 3.87. The highest BCUT2D eigenvalue weighted by atomic mass is 32.2. The Hall–Kier alpha value is -1.52. The minimum absolute atomic E-state index is 0.210. The normalized spacial score (nSPS) is 22.6. The van der Waals surface area contributed by atoms with Crippen LogP contribution in [0.3, 0.4) is 0 Å². The lowest BCUT2D eigenvalue weighted by atomic mass is 9.99. The van der Waals surface area contributed by atoms with Gasteiger partial charge in [0.25, 0.3) is 0 Å². The van der Waals surface area contributed by atoms with Gasteiger partial charge in [0.05, 0.1) is 17.5 Å². The molecule has 4 unspecified atom stereocenters. The third kappa shape index (κ3) is 7.25. The molecule has 180 valence electrons. The van der Waals surface area contributed by atoms with E-state index in [1.54, 1.807) is 14.0 Å². The summed E-state index contributed by atoms with van der Waals surface area (Å²) in [6.07, 6.45) is 7.39. The zero-order valence-corrected chi connectivity index (χ0v) is 21.1. The Morgan fingerprint density at radius 2 is 2.16 bits per heavy atom. The maximum atomic E-state index is 13.3. The van der Waals surface area contributed by atoms with Gasteiger partial charge in [-0.05, 0) is 44.7 Å².